The average molecular weight is 468 g/mol. The number of ether oxygens (including phenoxy) is 3. The largest absolute Gasteiger partial charge is 0.504 e. The number of aromatic hydroxyl groups is 4. The SMILES string of the molecule is OC[C@H]1O[C@H](Oc2c(O)cc3c(c2O)C[C@H](O)[C@@H](c2ccc(O)c(O)c2)O3)[C@H](O)[C@@H](O)[C@@H]1O. The van der Waals surface area contributed by atoms with Gasteiger partial charge in [0, 0.05) is 18.1 Å². The minimum Gasteiger partial charge on any atom is -0.504 e. The van der Waals surface area contributed by atoms with Crippen molar-refractivity contribution in [2.45, 2.75) is 49.3 Å². The van der Waals surface area contributed by atoms with Crippen molar-refractivity contribution in [3.05, 3.63) is 35.4 Å². The number of rotatable bonds is 4. The van der Waals surface area contributed by atoms with Crippen LogP contribution in [0.3, 0.4) is 0 Å². The molecule has 2 heterocycles. The third-order valence-electron chi connectivity index (χ3n) is 5.73. The Hall–Kier alpha value is -3.00. The summed E-state index contributed by atoms with van der Waals surface area (Å²) in [5.74, 6) is -2.53. The summed E-state index contributed by atoms with van der Waals surface area (Å²) in [6, 6.07) is 4.98. The Labute approximate surface area is 186 Å². The van der Waals surface area contributed by atoms with Gasteiger partial charge in [-0.15, -0.1) is 0 Å². The van der Waals surface area contributed by atoms with Gasteiger partial charge in [-0.2, -0.15) is 0 Å². The molecule has 0 spiro atoms. The molecular weight excluding hydrogens is 444 g/mol. The van der Waals surface area contributed by atoms with Crippen LogP contribution < -0.4 is 9.47 Å². The number of hydrogen-bond donors (Lipinski definition) is 9. The van der Waals surface area contributed by atoms with Crippen LogP contribution >= 0.6 is 0 Å². The van der Waals surface area contributed by atoms with Gasteiger partial charge in [-0.25, -0.2) is 0 Å². The first kappa shape index (κ1) is 23.2. The van der Waals surface area contributed by atoms with E-state index in [1.54, 1.807) is 0 Å². The Bertz CT molecular complexity index is 1020. The highest BCUT2D eigenvalue weighted by atomic mass is 16.7. The minimum absolute atomic E-state index is 0.00835. The molecule has 2 aromatic rings. The summed E-state index contributed by atoms with van der Waals surface area (Å²) in [4.78, 5) is 0. The first-order valence-corrected chi connectivity index (χ1v) is 10.0. The molecule has 1 saturated heterocycles. The highest BCUT2D eigenvalue weighted by Crippen LogP contribution is 2.49. The van der Waals surface area contributed by atoms with Gasteiger partial charge in [0.15, 0.2) is 23.0 Å². The van der Waals surface area contributed by atoms with E-state index in [9.17, 15) is 46.0 Å². The van der Waals surface area contributed by atoms with E-state index in [0.29, 0.717) is 5.56 Å². The van der Waals surface area contributed by atoms with Crippen molar-refractivity contribution in [1.29, 1.82) is 0 Å². The van der Waals surface area contributed by atoms with Gasteiger partial charge >= 0.3 is 0 Å². The van der Waals surface area contributed by atoms with Crippen LogP contribution in [0.4, 0.5) is 0 Å². The summed E-state index contributed by atoms with van der Waals surface area (Å²) < 4.78 is 16.3. The number of aliphatic hydroxyl groups excluding tert-OH is 5. The van der Waals surface area contributed by atoms with Crippen LogP contribution in [0.5, 0.6) is 34.5 Å². The summed E-state index contributed by atoms with van der Waals surface area (Å²) in [7, 11) is 0. The lowest BCUT2D eigenvalue weighted by molar-refractivity contribution is -0.277. The Morgan fingerprint density at radius 3 is 2.27 bits per heavy atom. The number of benzene rings is 2. The molecule has 0 radical (unpaired) electrons. The minimum atomic E-state index is -1.77. The van der Waals surface area contributed by atoms with Crippen molar-refractivity contribution >= 4 is 0 Å². The predicted molar refractivity (Wildman–Crippen MR) is 107 cm³/mol. The topological polar surface area (TPSA) is 210 Å². The molecule has 7 atom stereocenters. The molecule has 180 valence electrons. The van der Waals surface area contributed by atoms with Crippen molar-refractivity contribution in [3.63, 3.8) is 0 Å². The molecule has 2 aromatic carbocycles. The lowest BCUT2D eigenvalue weighted by atomic mass is 9.93. The second-order valence-corrected chi connectivity index (χ2v) is 7.92. The van der Waals surface area contributed by atoms with Crippen molar-refractivity contribution in [2.24, 2.45) is 0 Å². The molecule has 2 aliphatic heterocycles. The summed E-state index contributed by atoms with van der Waals surface area (Å²) in [6.45, 7) is -0.693. The Morgan fingerprint density at radius 2 is 1.61 bits per heavy atom. The van der Waals surface area contributed by atoms with Crippen molar-refractivity contribution < 1.29 is 60.2 Å². The molecule has 0 saturated carbocycles. The van der Waals surface area contributed by atoms with E-state index in [2.05, 4.69) is 0 Å². The number of phenolic OH excluding ortho intramolecular Hbond substituents is 4. The first-order chi connectivity index (χ1) is 15.6. The van der Waals surface area contributed by atoms with E-state index in [1.807, 2.05) is 0 Å². The quantitative estimate of drug-likeness (QED) is 0.240. The number of aliphatic hydroxyl groups is 5. The maximum atomic E-state index is 10.7. The molecule has 2 aliphatic rings. The zero-order valence-electron chi connectivity index (χ0n) is 17.0. The molecule has 4 rings (SSSR count). The van der Waals surface area contributed by atoms with Gasteiger partial charge in [-0.3, -0.25) is 0 Å². The molecular formula is C21H24O12. The van der Waals surface area contributed by atoms with Crippen molar-refractivity contribution in [1.82, 2.24) is 0 Å². The van der Waals surface area contributed by atoms with Crippen LogP contribution in [0, 0.1) is 0 Å². The first-order valence-electron chi connectivity index (χ1n) is 10.0. The zero-order chi connectivity index (χ0) is 24.0. The zero-order valence-corrected chi connectivity index (χ0v) is 17.0. The fourth-order valence-electron chi connectivity index (χ4n) is 3.89. The van der Waals surface area contributed by atoms with E-state index < -0.39 is 72.5 Å². The fraction of sp³-hybridized carbons (Fsp3) is 0.429. The van der Waals surface area contributed by atoms with Gasteiger partial charge in [0.1, 0.15) is 36.3 Å². The Kier molecular flexibility index (Phi) is 6.14. The average Bonchev–Trinajstić information content (AvgIpc) is 2.78. The van der Waals surface area contributed by atoms with Gasteiger partial charge < -0.3 is 60.2 Å². The van der Waals surface area contributed by atoms with Gasteiger partial charge in [0.05, 0.1) is 12.7 Å². The Balaban J connectivity index is 1.62. The van der Waals surface area contributed by atoms with Gasteiger partial charge in [-0.1, -0.05) is 6.07 Å². The molecule has 0 unspecified atom stereocenters. The van der Waals surface area contributed by atoms with Crippen LogP contribution in [0.1, 0.15) is 17.2 Å². The van der Waals surface area contributed by atoms with Crippen LogP contribution in [0.15, 0.2) is 24.3 Å². The number of fused-ring (bicyclic) bond motifs is 1. The Morgan fingerprint density at radius 1 is 0.879 bits per heavy atom. The summed E-state index contributed by atoms with van der Waals surface area (Å²) >= 11 is 0. The molecule has 0 aromatic heterocycles. The molecule has 12 heteroatoms. The van der Waals surface area contributed by atoms with Gasteiger partial charge in [0.25, 0.3) is 0 Å². The van der Waals surface area contributed by atoms with E-state index in [1.165, 1.54) is 18.2 Å². The molecule has 0 amide bonds. The predicted octanol–water partition coefficient (Wildman–Crippen LogP) is -1.28. The second kappa shape index (κ2) is 8.74. The van der Waals surface area contributed by atoms with Crippen molar-refractivity contribution in [2.75, 3.05) is 6.61 Å². The summed E-state index contributed by atoms with van der Waals surface area (Å²) in [5, 5.41) is 90.1. The number of hydrogen-bond acceptors (Lipinski definition) is 12. The highest BCUT2D eigenvalue weighted by molar-refractivity contribution is 5.61. The second-order valence-electron chi connectivity index (χ2n) is 7.92. The standard InChI is InChI=1S/C21H24O12/c22-6-14-16(28)17(29)18(30)21(32-14)33-20-12(26)5-13-8(15(20)27)4-11(25)19(31-13)7-1-2-9(23)10(24)3-7/h1-3,5,11,14,16-19,21-30H,4,6H2/t11-,14+,16+,17-,18+,19+,21+/m0/s1. The van der Waals surface area contributed by atoms with E-state index >= 15 is 0 Å². The maximum absolute atomic E-state index is 10.7. The molecule has 0 bridgehead atoms. The third-order valence-corrected chi connectivity index (χ3v) is 5.73. The molecule has 33 heavy (non-hydrogen) atoms. The summed E-state index contributed by atoms with van der Waals surface area (Å²) in [5.41, 5.74) is 0.406. The van der Waals surface area contributed by atoms with Crippen LogP contribution in [0.25, 0.3) is 0 Å². The molecule has 12 nitrogen and oxygen atoms in total. The lowest BCUT2D eigenvalue weighted by Gasteiger charge is -2.39. The molecule has 1 fully saturated rings. The van der Waals surface area contributed by atoms with Gasteiger partial charge in [0.2, 0.25) is 12.0 Å². The van der Waals surface area contributed by atoms with Gasteiger partial charge in [-0.05, 0) is 17.7 Å². The lowest BCUT2D eigenvalue weighted by Crippen LogP contribution is -2.60. The number of phenols is 4. The smallest absolute Gasteiger partial charge is 0.229 e. The van der Waals surface area contributed by atoms with Crippen molar-refractivity contribution in [3.8, 4) is 34.5 Å². The van der Waals surface area contributed by atoms with E-state index in [-0.39, 0.29) is 23.5 Å². The van der Waals surface area contributed by atoms with E-state index in [0.717, 1.165) is 6.07 Å². The van der Waals surface area contributed by atoms with E-state index in [4.69, 9.17) is 14.2 Å². The van der Waals surface area contributed by atoms with Crippen LogP contribution in [-0.2, 0) is 11.2 Å². The van der Waals surface area contributed by atoms with Crippen LogP contribution in [0.2, 0.25) is 0 Å². The summed E-state index contributed by atoms with van der Waals surface area (Å²) in [6.07, 6.45) is -10.4. The normalized spacial score (nSPS) is 31.5. The molecule has 0 aliphatic carbocycles. The van der Waals surface area contributed by atoms with Crippen LogP contribution in [-0.4, -0.2) is 89.4 Å². The highest BCUT2D eigenvalue weighted by Gasteiger charge is 2.45. The molecule has 9 N–H and O–H groups in total. The third kappa shape index (κ3) is 4.08. The monoisotopic (exact) mass is 468 g/mol. The fourth-order valence-corrected chi connectivity index (χ4v) is 3.89. The maximum Gasteiger partial charge on any atom is 0.229 e.